The summed E-state index contributed by atoms with van der Waals surface area (Å²) >= 11 is 0. The summed E-state index contributed by atoms with van der Waals surface area (Å²) in [6, 6.07) is 10.0. The fourth-order valence-corrected chi connectivity index (χ4v) is 6.02. The van der Waals surface area contributed by atoms with E-state index < -0.39 is 11.6 Å². The van der Waals surface area contributed by atoms with Crippen molar-refractivity contribution in [1.82, 2.24) is 0 Å². The standard InChI is InChI=1S/C42H50O7/c1-27(2)11-7-13-29(5)15-9-17-31-23-39(35-24-33(43)19-21-37(35)45)48-40(31)42(36-25-34(44)20-22-38(36)46)26-32(41(47)49-42)18-10-16-30(6)14-8-12-28(3)4/h11-12,15-16,19-26,43-46H,7-10,13-14,17-18H2,1-6H3/t42-/m0/s1. The van der Waals surface area contributed by atoms with Crippen LogP contribution in [-0.4, -0.2) is 26.4 Å². The fraction of sp³-hybridized carbons (Fsp3) is 0.357. The SMILES string of the molecule is CC(C)=CCCC(C)=CCCC1=C[C@](c2cc(O)ccc2O)(c2oc(-c3cc(O)ccc3O)cc2CCC=C(C)CCC=C(C)C)OC1=O. The van der Waals surface area contributed by atoms with Crippen molar-refractivity contribution in [2.75, 3.05) is 0 Å². The number of furan rings is 1. The van der Waals surface area contributed by atoms with Crippen molar-refractivity contribution >= 4 is 5.97 Å². The van der Waals surface area contributed by atoms with Gasteiger partial charge in [-0.1, -0.05) is 46.6 Å². The van der Waals surface area contributed by atoms with Crippen molar-refractivity contribution in [3.8, 4) is 34.3 Å². The van der Waals surface area contributed by atoms with E-state index >= 15 is 0 Å². The molecule has 4 rings (SSSR count). The lowest BCUT2D eigenvalue weighted by Gasteiger charge is -2.27. The molecule has 260 valence electrons. The van der Waals surface area contributed by atoms with Gasteiger partial charge < -0.3 is 29.6 Å². The second-order valence-electron chi connectivity index (χ2n) is 13.5. The summed E-state index contributed by atoms with van der Waals surface area (Å²) < 4.78 is 12.7. The number of allylic oxidation sites excluding steroid dienone is 8. The molecule has 0 saturated carbocycles. The van der Waals surface area contributed by atoms with E-state index in [0.29, 0.717) is 36.8 Å². The van der Waals surface area contributed by atoms with Crippen LogP contribution in [-0.2, 0) is 21.6 Å². The topological polar surface area (TPSA) is 120 Å². The Morgan fingerprint density at radius 3 is 1.88 bits per heavy atom. The average molecular weight is 667 g/mol. The number of aryl methyl sites for hydroxylation is 1. The molecule has 0 saturated heterocycles. The molecule has 0 radical (unpaired) electrons. The van der Waals surface area contributed by atoms with Gasteiger partial charge in [-0.2, -0.15) is 0 Å². The maximum absolute atomic E-state index is 13.6. The number of ether oxygens (including phenoxy) is 1. The van der Waals surface area contributed by atoms with Crippen LogP contribution in [0.2, 0.25) is 0 Å². The zero-order valence-corrected chi connectivity index (χ0v) is 29.6. The normalized spacial score (nSPS) is 16.4. The molecule has 7 nitrogen and oxygen atoms in total. The molecule has 0 amide bonds. The molecule has 1 atom stereocenters. The number of hydrogen-bond donors (Lipinski definition) is 4. The van der Waals surface area contributed by atoms with Gasteiger partial charge in [0.25, 0.3) is 0 Å². The second-order valence-corrected chi connectivity index (χ2v) is 13.5. The molecule has 0 fully saturated rings. The Morgan fingerprint density at radius 1 is 0.694 bits per heavy atom. The minimum absolute atomic E-state index is 0.0544. The van der Waals surface area contributed by atoms with E-state index in [9.17, 15) is 25.2 Å². The van der Waals surface area contributed by atoms with E-state index in [1.54, 1.807) is 12.1 Å². The van der Waals surface area contributed by atoms with E-state index in [-0.39, 0.29) is 45.6 Å². The van der Waals surface area contributed by atoms with Gasteiger partial charge in [0, 0.05) is 5.57 Å². The van der Waals surface area contributed by atoms with Gasteiger partial charge in [-0.05, 0) is 147 Å². The number of cyclic esters (lactones) is 1. The summed E-state index contributed by atoms with van der Waals surface area (Å²) in [6.07, 6.45) is 16.4. The Morgan fingerprint density at radius 2 is 1.27 bits per heavy atom. The smallest absolute Gasteiger partial charge is 0.335 e. The third kappa shape index (κ3) is 9.59. The van der Waals surface area contributed by atoms with Gasteiger partial charge in [0.2, 0.25) is 5.60 Å². The van der Waals surface area contributed by atoms with Gasteiger partial charge in [-0.15, -0.1) is 0 Å². The maximum Gasteiger partial charge on any atom is 0.335 e. The number of esters is 1. The lowest BCUT2D eigenvalue weighted by Crippen LogP contribution is -2.28. The highest BCUT2D eigenvalue weighted by Gasteiger charge is 2.49. The predicted molar refractivity (Wildman–Crippen MR) is 195 cm³/mol. The summed E-state index contributed by atoms with van der Waals surface area (Å²) in [5.74, 6) is -0.488. The van der Waals surface area contributed by atoms with Crippen LogP contribution in [0.25, 0.3) is 11.3 Å². The number of phenolic OH excluding ortho intramolecular Hbond substituents is 4. The summed E-state index contributed by atoms with van der Waals surface area (Å²) in [5.41, 5.74) is 4.87. The van der Waals surface area contributed by atoms with Gasteiger partial charge in [-0.25, -0.2) is 4.79 Å². The molecule has 1 aliphatic heterocycles. The van der Waals surface area contributed by atoms with Crippen LogP contribution in [0.15, 0.2) is 105 Å². The minimum atomic E-state index is -1.69. The molecule has 0 bridgehead atoms. The van der Waals surface area contributed by atoms with Crippen LogP contribution >= 0.6 is 0 Å². The summed E-state index contributed by atoms with van der Waals surface area (Å²) in [6.45, 7) is 12.5. The first-order chi connectivity index (χ1) is 23.3. The molecule has 2 heterocycles. The van der Waals surface area contributed by atoms with Gasteiger partial charge >= 0.3 is 5.97 Å². The van der Waals surface area contributed by atoms with Crippen LogP contribution in [0, 0.1) is 0 Å². The van der Waals surface area contributed by atoms with Crippen molar-refractivity contribution in [2.24, 2.45) is 0 Å². The molecule has 1 aliphatic rings. The zero-order chi connectivity index (χ0) is 35.7. The van der Waals surface area contributed by atoms with E-state index in [2.05, 4.69) is 65.8 Å². The zero-order valence-electron chi connectivity index (χ0n) is 29.6. The second kappa shape index (κ2) is 16.5. The summed E-state index contributed by atoms with van der Waals surface area (Å²) in [5, 5.41) is 42.7. The molecule has 0 unspecified atom stereocenters. The lowest BCUT2D eigenvalue weighted by atomic mass is 9.86. The van der Waals surface area contributed by atoms with Crippen LogP contribution in [0.1, 0.15) is 103 Å². The number of carbonyl (C=O) groups is 1. The molecule has 7 heteroatoms. The van der Waals surface area contributed by atoms with Crippen LogP contribution in [0.5, 0.6) is 23.0 Å². The molecular weight excluding hydrogens is 616 g/mol. The number of hydrogen-bond acceptors (Lipinski definition) is 7. The quantitative estimate of drug-likeness (QED) is 0.0723. The van der Waals surface area contributed by atoms with Gasteiger partial charge in [0.05, 0.1) is 11.1 Å². The predicted octanol–water partition coefficient (Wildman–Crippen LogP) is 10.6. The molecule has 1 aromatic heterocycles. The third-order valence-corrected chi connectivity index (χ3v) is 8.66. The Bertz CT molecular complexity index is 1810. The first-order valence-electron chi connectivity index (χ1n) is 17.0. The highest BCUT2D eigenvalue weighted by Crippen LogP contribution is 2.50. The maximum atomic E-state index is 13.6. The monoisotopic (exact) mass is 666 g/mol. The van der Waals surface area contributed by atoms with Gasteiger partial charge in [0.15, 0.2) is 5.76 Å². The van der Waals surface area contributed by atoms with Gasteiger partial charge in [0.1, 0.15) is 28.8 Å². The van der Waals surface area contributed by atoms with Crippen molar-refractivity contribution in [3.05, 3.63) is 118 Å². The molecule has 3 aromatic rings. The third-order valence-electron chi connectivity index (χ3n) is 8.66. The number of rotatable bonds is 15. The van der Waals surface area contributed by atoms with Crippen molar-refractivity contribution in [2.45, 2.75) is 98.5 Å². The highest BCUT2D eigenvalue weighted by molar-refractivity contribution is 5.92. The number of aromatic hydroxyl groups is 4. The molecular formula is C42H50O7. The van der Waals surface area contributed by atoms with Crippen LogP contribution in [0.3, 0.4) is 0 Å². The number of phenols is 4. The van der Waals surface area contributed by atoms with E-state index in [1.165, 1.54) is 58.7 Å². The Labute approximate surface area is 290 Å². The largest absolute Gasteiger partial charge is 0.508 e. The van der Waals surface area contributed by atoms with Crippen molar-refractivity contribution in [3.63, 3.8) is 0 Å². The molecule has 49 heavy (non-hydrogen) atoms. The van der Waals surface area contributed by atoms with Crippen molar-refractivity contribution in [1.29, 1.82) is 0 Å². The average Bonchev–Trinajstić information content (AvgIpc) is 3.61. The molecule has 0 spiro atoms. The van der Waals surface area contributed by atoms with E-state index in [0.717, 1.165) is 25.7 Å². The summed E-state index contributed by atoms with van der Waals surface area (Å²) in [4.78, 5) is 13.6. The minimum Gasteiger partial charge on any atom is -0.508 e. The van der Waals surface area contributed by atoms with E-state index in [4.69, 9.17) is 9.15 Å². The fourth-order valence-electron chi connectivity index (χ4n) is 6.02. The first-order valence-corrected chi connectivity index (χ1v) is 17.0. The van der Waals surface area contributed by atoms with Crippen LogP contribution < -0.4 is 0 Å². The highest BCUT2D eigenvalue weighted by atomic mass is 16.6. The van der Waals surface area contributed by atoms with Gasteiger partial charge in [-0.3, -0.25) is 0 Å². The molecule has 2 aromatic carbocycles. The first kappa shape index (κ1) is 36.9. The van der Waals surface area contributed by atoms with Crippen LogP contribution in [0.4, 0.5) is 0 Å². The van der Waals surface area contributed by atoms with Crippen molar-refractivity contribution < 1.29 is 34.4 Å². The van der Waals surface area contributed by atoms with E-state index in [1.807, 2.05) is 0 Å². The Balaban J connectivity index is 1.79. The lowest BCUT2D eigenvalue weighted by molar-refractivity contribution is -0.145. The molecule has 4 N–H and O–H groups in total. The number of carbonyl (C=O) groups excluding carboxylic acids is 1. The summed E-state index contributed by atoms with van der Waals surface area (Å²) in [7, 11) is 0. The number of benzene rings is 2. The Kier molecular flexibility index (Phi) is 12.4. The molecule has 0 aliphatic carbocycles. The Hall–Kier alpha value is -4.91.